The lowest BCUT2D eigenvalue weighted by Crippen LogP contribution is -2.21. The first-order chi connectivity index (χ1) is 12.0. The van der Waals surface area contributed by atoms with E-state index in [2.05, 4.69) is 5.32 Å². The second-order valence-corrected chi connectivity index (χ2v) is 7.29. The number of hydrogen-bond acceptors (Lipinski definition) is 5. The number of rotatable bonds is 5. The highest BCUT2D eigenvalue weighted by Gasteiger charge is 2.21. The smallest absolute Gasteiger partial charge is 0.339 e. The molecule has 0 bridgehead atoms. The maximum atomic E-state index is 12.3. The molecule has 1 amide bonds. The Hall–Kier alpha value is -2.34. The van der Waals surface area contributed by atoms with Crippen LogP contribution in [0.1, 0.15) is 33.6 Å². The predicted molar refractivity (Wildman–Crippen MR) is 101 cm³/mol. The molecule has 25 heavy (non-hydrogen) atoms. The molecule has 132 valence electrons. The van der Waals surface area contributed by atoms with Crippen LogP contribution in [0.25, 0.3) is 0 Å². The minimum atomic E-state index is -0.405. The summed E-state index contributed by atoms with van der Waals surface area (Å²) in [6, 6.07) is 7.48. The van der Waals surface area contributed by atoms with Crippen molar-refractivity contribution < 1.29 is 14.3 Å². The van der Waals surface area contributed by atoms with Crippen LogP contribution in [0.5, 0.6) is 0 Å². The number of benzene rings is 1. The molecule has 0 spiro atoms. The summed E-state index contributed by atoms with van der Waals surface area (Å²) in [5.74, 6) is -0.743. The Morgan fingerprint density at radius 3 is 2.60 bits per heavy atom. The minimum absolute atomic E-state index is 0.279. The number of amides is 1. The van der Waals surface area contributed by atoms with Gasteiger partial charge < -0.3 is 15.0 Å². The molecule has 6 heteroatoms. The van der Waals surface area contributed by atoms with Gasteiger partial charge in [0.1, 0.15) is 0 Å². The predicted octanol–water partition coefficient (Wildman–Crippen LogP) is 3.49. The quantitative estimate of drug-likeness (QED) is 0.831. The number of nitrogens with one attached hydrogen (secondary N) is 1. The molecule has 1 heterocycles. The second-order valence-electron chi connectivity index (χ2n) is 6.32. The van der Waals surface area contributed by atoms with Crippen LogP contribution >= 0.6 is 11.3 Å². The van der Waals surface area contributed by atoms with E-state index in [9.17, 15) is 9.59 Å². The van der Waals surface area contributed by atoms with Crippen LogP contribution in [0.3, 0.4) is 0 Å². The molecule has 1 aromatic carbocycles. The van der Waals surface area contributed by atoms with Crippen LogP contribution in [-0.2, 0) is 22.4 Å². The highest BCUT2D eigenvalue weighted by molar-refractivity contribution is 7.10. The number of fused-ring (bicyclic) bond motifs is 1. The third kappa shape index (κ3) is 4.20. The molecule has 5 nitrogen and oxygen atoms in total. The Balaban J connectivity index is 1.53. The highest BCUT2D eigenvalue weighted by Crippen LogP contribution is 2.30. The van der Waals surface area contributed by atoms with Gasteiger partial charge in [0, 0.05) is 35.7 Å². The van der Waals surface area contributed by atoms with E-state index in [0.717, 1.165) is 30.5 Å². The van der Waals surface area contributed by atoms with Gasteiger partial charge in [-0.2, -0.15) is 0 Å². The summed E-state index contributed by atoms with van der Waals surface area (Å²) in [6.07, 6.45) is 4.24. The number of anilines is 2. The molecule has 0 radical (unpaired) electrons. The van der Waals surface area contributed by atoms with E-state index in [4.69, 9.17) is 4.74 Å². The Kier molecular flexibility index (Phi) is 5.38. The molecule has 0 unspecified atom stereocenters. The van der Waals surface area contributed by atoms with Crippen molar-refractivity contribution in [3.8, 4) is 0 Å². The van der Waals surface area contributed by atoms with Crippen molar-refractivity contribution in [1.82, 2.24) is 0 Å². The summed E-state index contributed by atoms with van der Waals surface area (Å²) in [5.41, 5.74) is 3.47. The third-order valence-corrected chi connectivity index (χ3v) is 5.37. The van der Waals surface area contributed by atoms with Gasteiger partial charge in [0.2, 0.25) is 0 Å². The fraction of sp³-hybridized carbons (Fsp3) is 0.368. The number of carbonyl (C=O) groups excluding carboxylic acids is 2. The highest BCUT2D eigenvalue weighted by atomic mass is 32.1. The number of hydrogen-bond donors (Lipinski definition) is 1. The van der Waals surface area contributed by atoms with Crippen LogP contribution in [0.2, 0.25) is 0 Å². The topological polar surface area (TPSA) is 58.6 Å². The molecule has 1 aliphatic carbocycles. The number of ether oxygens (including phenoxy) is 1. The lowest BCUT2D eigenvalue weighted by Gasteiger charge is -2.13. The largest absolute Gasteiger partial charge is 0.452 e. The molecule has 0 atom stereocenters. The average molecular weight is 358 g/mol. The van der Waals surface area contributed by atoms with Crippen LogP contribution in [0.4, 0.5) is 11.4 Å². The van der Waals surface area contributed by atoms with Crippen molar-refractivity contribution in [2.24, 2.45) is 0 Å². The first-order valence-corrected chi connectivity index (χ1v) is 9.26. The van der Waals surface area contributed by atoms with Crippen LogP contribution < -0.4 is 10.2 Å². The van der Waals surface area contributed by atoms with Gasteiger partial charge in [-0.05, 0) is 55.5 Å². The summed E-state index contributed by atoms with van der Waals surface area (Å²) in [5, 5.41) is 4.60. The van der Waals surface area contributed by atoms with Gasteiger partial charge in [-0.1, -0.05) is 0 Å². The summed E-state index contributed by atoms with van der Waals surface area (Å²) in [6.45, 7) is -0.279. The maximum Gasteiger partial charge on any atom is 0.339 e. The summed E-state index contributed by atoms with van der Waals surface area (Å²) in [7, 11) is 3.91. The maximum absolute atomic E-state index is 12.3. The Morgan fingerprint density at radius 1 is 1.16 bits per heavy atom. The number of thiophene rings is 1. The average Bonchev–Trinajstić information content (AvgIpc) is 3.04. The summed E-state index contributed by atoms with van der Waals surface area (Å²) < 4.78 is 5.20. The van der Waals surface area contributed by atoms with Gasteiger partial charge in [0.25, 0.3) is 5.91 Å². The zero-order chi connectivity index (χ0) is 17.8. The van der Waals surface area contributed by atoms with Crippen LogP contribution in [0, 0.1) is 0 Å². The Labute approximate surface area is 151 Å². The molecule has 3 rings (SSSR count). The monoisotopic (exact) mass is 358 g/mol. The number of esters is 1. The molecular weight excluding hydrogens is 336 g/mol. The molecule has 0 saturated carbocycles. The molecule has 0 aliphatic heterocycles. The van der Waals surface area contributed by atoms with E-state index in [0.29, 0.717) is 11.3 Å². The number of aryl methyl sites for hydroxylation is 1. The van der Waals surface area contributed by atoms with Gasteiger partial charge in [0.05, 0.1) is 5.56 Å². The molecular formula is C19H22N2O3S. The zero-order valence-corrected chi connectivity index (χ0v) is 15.3. The second kappa shape index (κ2) is 7.70. The van der Waals surface area contributed by atoms with Crippen molar-refractivity contribution in [2.45, 2.75) is 25.7 Å². The lowest BCUT2D eigenvalue weighted by atomic mass is 9.96. The first kappa shape index (κ1) is 17.5. The fourth-order valence-corrected chi connectivity index (χ4v) is 4.03. The van der Waals surface area contributed by atoms with Gasteiger partial charge >= 0.3 is 5.97 Å². The molecule has 1 aromatic heterocycles. The summed E-state index contributed by atoms with van der Waals surface area (Å²) >= 11 is 1.62. The van der Waals surface area contributed by atoms with Gasteiger partial charge in [0.15, 0.2) is 6.61 Å². The molecule has 1 N–H and O–H groups in total. The van der Waals surface area contributed by atoms with E-state index in [1.165, 1.54) is 11.3 Å². The third-order valence-electron chi connectivity index (χ3n) is 4.28. The summed E-state index contributed by atoms with van der Waals surface area (Å²) in [4.78, 5) is 27.5. The Bertz CT molecular complexity index is 765. The van der Waals surface area contributed by atoms with Crippen molar-refractivity contribution in [2.75, 3.05) is 30.9 Å². The molecule has 1 aliphatic rings. The molecule has 0 saturated heterocycles. The first-order valence-electron chi connectivity index (χ1n) is 8.38. The van der Waals surface area contributed by atoms with E-state index >= 15 is 0 Å². The van der Waals surface area contributed by atoms with Crippen molar-refractivity contribution in [3.05, 3.63) is 45.6 Å². The molecule has 0 fully saturated rings. The van der Waals surface area contributed by atoms with E-state index < -0.39 is 5.97 Å². The van der Waals surface area contributed by atoms with E-state index in [-0.39, 0.29) is 12.5 Å². The lowest BCUT2D eigenvalue weighted by molar-refractivity contribution is -0.119. The number of nitrogens with zero attached hydrogens (tertiary/aromatic N) is 1. The van der Waals surface area contributed by atoms with Crippen molar-refractivity contribution in [3.63, 3.8) is 0 Å². The van der Waals surface area contributed by atoms with Crippen LogP contribution in [-0.4, -0.2) is 32.6 Å². The Morgan fingerprint density at radius 2 is 1.88 bits per heavy atom. The van der Waals surface area contributed by atoms with Gasteiger partial charge in [-0.15, -0.1) is 11.3 Å². The van der Waals surface area contributed by atoms with Crippen molar-refractivity contribution >= 4 is 34.6 Å². The molecule has 2 aromatic rings. The van der Waals surface area contributed by atoms with E-state index in [1.807, 2.05) is 48.6 Å². The van der Waals surface area contributed by atoms with E-state index in [1.54, 1.807) is 11.3 Å². The standard InChI is InChI=1S/C19H22N2O3S/c1-21(2)14-9-7-13(8-10-14)20-18(22)11-24-19(23)16-12-25-17-6-4-3-5-15(16)17/h7-10,12H,3-6,11H2,1-2H3,(H,20,22). The zero-order valence-electron chi connectivity index (χ0n) is 14.5. The van der Waals surface area contributed by atoms with Gasteiger partial charge in [-0.25, -0.2) is 4.79 Å². The normalized spacial score (nSPS) is 13.0. The van der Waals surface area contributed by atoms with Crippen molar-refractivity contribution in [1.29, 1.82) is 0 Å². The SMILES string of the molecule is CN(C)c1ccc(NC(=O)COC(=O)c2csc3c2CCCC3)cc1. The van der Waals surface area contributed by atoms with Crippen LogP contribution in [0.15, 0.2) is 29.6 Å². The minimum Gasteiger partial charge on any atom is -0.452 e. The number of carbonyl (C=O) groups is 2. The fourth-order valence-electron chi connectivity index (χ4n) is 2.91. The van der Waals surface area contributed by atoms with Gasteiger partial charge in [-0.3, -0.25) is 4.79 Å².